The maximum atomic E-state index is 12.2. The Bertz CT molecular complexity index is 1220. The average Bonchev–Trinajstić information content (AvgIpc) is 2.91. The van der Waals surface area contributed by atoms with Crippen LogP contribution in [0.2, 0.25) is 0 Å². The smallest absolute Gasteiger partial charge is 0.303 e. The monoisotopic (exact) mass is 664 g/mol. The Hall–Kier alpha value is -4.79. The van der Waals surface area contributed by atoms with Crippen LogP contribution in [-0.4, -0.2) is 115 Å². The van der Waals surface area contributed by atoms with Crippen molar-refractivity contribution in [1.29, 1.82) is 0 Å². The summed E-state index contributed by atoms with van der Waals surface area (Å²) in [5.41, 5.74) is 9.29. The number of nitrogens with zero attached hydrogens (tertiary/aromatic N) is 4. The Morgan fingerprint density at radius 1 is 0.674 bits per heavy atom. The Labute approximate surface area is 259 Å². The third-order valence-corrected chi connectivity index (χ3v) is 5.98. The molecular formula is C24H32N4O18. The van der Waals surface area contributed by atoms with Crippen molar-refractivity contribution < 1.29 is 81.3 Å². The summed E-state index contributed by atoms with van der Waals surface area (Å²) in [5.74, 6) is -5.45. The van der Waals surface area contributed by atoms with Gasteiger partial charge in [0, 0.05) is 46.5 Å². The standard InChI is InChI=1S/C24H32N4O18/c1-9(29)37-7-15-18(39-11(3)31)20(17(26-27-25)23(43-15)46-28(35)36)45-24-22(42-14(6)34)21(41-13(5)33)19(40-12(4)32)16(44-24)8-38-10(2)30/h15-24H,7-8H2,1-6H3/t15-,16-,17-,18+,19+,20-,21+,22-,23?,24+/m1/s1. The van der Waals surface area contributed by atoms with Gasteiger partial charge < -0.3 is 42.6 Å². The third kappa shape index (κ3) is 11.0. The number of hydrogen-bond donors (Lipinski definition) is 0. The van der Waals surface area contributed by atoms with Gasteiger partial charge in [-0.25, -0.2) is 0 Å². The molecule has 0 bridgehead atoms. The summed E-state index contributed by atoms with van der Waals surface area (Å²) < 4.78 is 48.7. The van der Waals surface area contributed by atoms with Crippen LogP contribution >= 0.6 is 0 Å². The highest BCUT2D eigenvalue weighted by Crippen LogP contribution is 2.35. The molecule has 256 valence electrons. The molecule has 0 aromatic carbocycles. The molecule has 46 heavy (non-hydrogen) atoms. The van der Waals surface area contributed by atoms with Crippen LogP contribution in [0.25, 0.3) is 10.4 Å². The van der Waals surface area contributed by atoms with Gasteiger partial charge in [-0.15, -0.1) is 10.1 Å². The van der Waals surface area contributed by atoms with E-state index in [2.05, 4.69) is 14.9 Å². The molecule has 0 saturated carbocycles. The highest BCUT2D eigenvalue weighted by molar-refractivity contribution is 5.69. The van der Waals surface area contributed by atoms with Crippen LogP contribution in [0.5, 0.6) is 0 Å². The Morgan fingerprint density at radius 2 is 1.09 bits per heavy atom. The van der Waals surface area contributed by atoms with Crippen molar-refractivity contribution >= 4 is 35.8 Å². The van der Waals surface area contributed by atoms with Crippen LogP contribution in [0, 0.1) is 10.1 Å². The summed E-state index contributed by atoms with van der Waals surface area (Å²) in [6.07, 6.45) is -15.6. The molecule has 0 aromatic rings. The van der Waals surface area contributed by atoms with Gasteiger partial charge in [-0.3, -0.25) is 33.6 Å². The minimum absolute atomic E-state index is 0.638. The fourth-order valence-corrected chi connectivity index (χ4v) is 4.52. The summed E-state index contributed by atoms with van der Waals surface area (Å²) in [7, 11) is 0. The molecule has 0 amide bonds. The lowest BCUT2D eigenvalue weighted by Crippen LogP contribution is -2.66. The van der Waals surface area contributed by atoms with E-state index in [0.29, 0.717) is 0 Å². The molecule has 0 spiro atoms. The Morgan fingerprint density at radius 3 is 1.50 bits per heavy atom. The SMILES string of the molecule is CC(=O)OC[C@H]1O[C@@H](O[C@H]2[C@@H](OC(C)=O)[C@@H](COC(C)=O)OC(O[N+](=O)[O-])[C@@H]2N=[N+]=[N-])[C@H](OC(C)=O)[C@@H](OC(C)=O)[C@H]1OC(C)=O. The van der Waals surface area contributed by atoms with E-state index in [-0.39, 0.29) is 0 Å². The van der Waals surface area contributed by atoms with Gasteiger partial charge in [-0.1, -0.05) is 5.11 Å². The van der Waals surface area contributed by atoms with Crippen molar-refractivity contribution in [2.24, 2.45) is 5.11 Å². The van der Waals surface area contributed by atoms with Gasteiger partial charge in [0.1, 0.15) is 37.6 Å². The second-order valence-electron chi connectivity index (χ2n) is 9.61. The summed E-state index contributed by atoms with van der Waals surface area (Å²) >= 11 is 0. The van der Waals surface area contributed by atoms with Crippen molar-refractivity contribution in [3.05, 3.63) is 20.6 Å². The van der Waals surface area contributed by atoms with Gasteiger partial charge in [-0.2, -0.15) is 0 Å². The second-order valence-corrected chi connectivity index (χ2v) is 9.61. The zero-order valence-corrected chi connectivity index (χ0v) is 25.3. The van der Waals surface area contributed by atoms with Crippen LogP contribution in [-0.2, 0) is 76.2 Å². The molecule has 2 aliphatic heterocycles. The van der Waals surface area contributed by atoms with Gasteiger partial charge >= 0.3 is 35.8 Å². The molecule has 2 heterocycles. The first-order valence-corrected chi connectivity index (χ1v) is 13.3. The number of ether oxygens (including phenoxy) is 9. The number of carbonyl (C=O) groups is 6. The minimum Gasteiger partial charge on any atom is -0.463 e. The summed E-state index contributed by atoms with van der Waals surface area (Å²) in [5, 5.41) is 13.5. The van der Waals surface area contributed by atoms with E-state index in [0.717, 1.165) is 41.5 Å². The van der Waals surface area contributed by atoms with Crippen LogP contribution in [0.15, 0.2) is 5.11 Å². The first-order chi connectivity index (χ1) is 21.5. The number of carbonyl (C=O) groups excluding carboxylic acids is 6. The number of azide groups is 1. The normalized spacial score (nSPS) is 30.3. The predicted octanol–water partition coefficient (Wildman–Crippen LogP) is -0.438. The van der Waals surface area contributed by atoms with Crippen molar-refractivity contribution in [1.82, 2.24) is 0 Å². The van der Waals surface area contributed by atoms with Crippen LogP contribution < -0.4 is 0 Å². The van der Waals surface area contributed by atoms with Crippen LogP contribution in [0.4, 0.5) is 0 Å². The number of esters is 6. The highest BCUT2D eigenvalue weighted by Gasteiger charge is 2.57. The van der Waals surface area contributed by atoms with E-state index in [9.17, 15) is 44.4 Å². The van der Waals surface area contributed by atoms with Gasteiger partial charge in [0.15, 0.2) is 30.7 Å². The van der Waals surface area contributed by atoms with Gasteiger partial charge in [0.25, 0.3) is 5.09 Å². The summed E-state index contributed by atoms with van der Waals surface area (Å²) in [6, 6.07) is -1.86. The van der Waals surface area contributed by atoms with Crippen LogP contribution in [0.1, 0.15) is 41.5 Å². The van der Waals surface area contributed by atoms with E-state index in [1.54, 1.807) is 0 Å². The lowest BCUT2D eigenvalue weighted by Gasteiger charge is -2.48. The molecule has 0 aliphatic carbocycles. The Balaban J connectivity index is 2.74. The number of rotatable bonds is 13. The van der Waals surface area contributed by atoms with E-state index in [4.69, 9.17) is 42.6 Å². The molecule has 2 fully saturated rings. The Kier molecular flexibility index (Phi) is 13.9. The quantitative estimate of drug-likeness (QED) is 0.0458. The fraction of sp³-hybridized carbons (Fsp3) is 0.750. The first kappa shape index (κ1) is 37.4. The minimum atomic E-state index is -2.06. The van der Waals surface area contributed by atoms with E-state index in [1.165, 1.54) is 0 Å². The highest BCUT2D eigenvalue weighted by atomic mass is 17.0. The first-order valence-electron chi connectivity index (χ1n) is 13.3. The summed E-state index contributed by atoms with van der Waals surface area (Å²) in [6.45, 7) is 4.67. The van der Waals surface area contributed by atoms with Crippen LogP contribution in [0.3, 0.4) is 0 Å². The predicted molar refractivity (Wildman–Crippen MR) is 139 cm³/mol. The van der Waals surface area contributed by atoms with E-state index >= 15 is 0 Å². The third-order valence-electron chi connectivity index (χ3n) is 5.98. The van der Waals surface area contributed by atoms with E-state index < -0.39 is 115 Å². The maximum absolute atomic E-state index is 12.2. The van der Waals surface area contributed by atoms with E-state index in [1.807, 2.05) is 0 Å². The van der Waals surface area contributed by atoms with Crippen molar-refractivity contribution in [2.75, 3.05) is 13.2 Å². The molecule has 0 radical (unpaired) electrons. The number of hydrogen-bond acceptors (Lipinski definition) is 19. The van der Waals surface area contributed by atoms with Crippen molar-refractivity contribution in [2.45, 2.75) is 103 Å². The molecular weight excluding hydrogens is 632 g/mol. The fourth-order valence-electron chi connectivity index (χ4n) is 4.52. The van der Waals surface area contributed by atoms with Gasteiger partial charge in [-0.05, 0) is 5.53 Å². The van der Waals surface area contributed by atoms with Crippen molar-refractivity contribution in [3.63, 3.8) is 0 Å². The molecule has 2 aliphatic rings. The molecule has 10 atom stereocenters. The van der Waals surface area contributed by atoms with Gasteiger partial charge in [0.05, 0.1) is 0 Å². The topological polar surface area (TPSA) is 287 Å². The lowest BCUT2D eigenvalue weighted by molar-refractivity contribution is -0.783. The molecule has 22 nitrogen and oxygen atoms in total. The molecule has 0 aromatic heterocycles. The van der Waals surface area contributed by atoms with Crippen molar-refractivity contribution in [3.8, 4) is 0 Å². The lowest BCUT2D eigenvalue weighted by atomic mass is 9.95. The zero-order valence-electron chi connectivity index (χ0n) is 25.3. The zero-order chi connectivity index (χ0) is 34.7. The van der Waals surface area contributed by atoms with Gasteiger partial charge in [0.2, 0.25) is 6.29 Å². The largest absolute Gasteiger partial charge is 0.463 e. The molecule has 2 saturated heterocycles. The maximum Gasteiger partial charge on any atom is 0.303 e. The molecule has 1 unspecified atom stereocenters. The second kappa shape index (κ2) is 17.1. The molecule has 2 rings (SSSR count). The molecule has 0 N–H and O–H groups in total. The summed E-state index contributed by atoms with van der Waals surface area (Å²) in [4.78, 5) is 90.2. The average molecular weight is 665 g/mol. The molecule has 22 heteroatoms.